The van der Waals surface area contributed by atoms with Crippen LogP contribution in [0.2, 0.25) is 10.0 Å². The Morgan fingerprint density at radius 1 is 1.06 bits per heavy atom. The van der Waals surface area contributed by atoms with E-state index in [9.17, 15) is 9.59 Å². The minimum atomic E-state index is -0.698. The Bertz CT molecular complexity index is 1140. The molecule has 7 nitrogen and oxygen atoms in total. The smallest absolute Gasteiger partial charge is 0.271 e. The maximum absolute atomic E-state index is 12.6. The number of halogens is 2. The van der Waals surface area contributed by atoms with Crippen LogP contribution in [0.4, 0.5) is 11.4 Å². The molecular formula is C22H21Cl2N5O2. The fourth-order valence-electron chi connectivity index (χ4n) is 3.63. The zero-order chi connectivity index (χ0) is 22.3. The summed E-state index contributed by atoms with van der Waals surface area (Å²) in [5.41, 5.74) is 7.84. The quantitative estimate of drug-likeness (QED) is 0.589. The van der Waals surface area contributed by atoms with Crippen LogP contribution in [0.3, 0.4) is 0 Å². The molecule has 0 atom stereocenters. The number of para-hydroxylation sites is 1. The van der Waals surface area contributed by atoms with Gasteiger partial charge < -0.3 is 16.0 Å². The van der Waals surface area contributed by atoms with Crippen LogP contribution in [-0.2, 0) is 0 Å². The third-order valence-corrected chi connectivity index (χ3v) is 5.66. The van der Waals surface area contributed by atoms with Gasteiger partial charge in [0.2, 0.25) is 0 Å². The van der Waals surface area contributed by atoms with Gasteiger partial charge in [0, 0.05) is 24.3 Å². The molecule has 2 amide bonds. The van der Waals surface area contributed by atoms with Crippen molar-refractivity contribution in [1.29, 1.82) is 0 Å². The number of rotatable bonds is 5. The van der Waals surface area contributed by atoms with Crippen LogP contribution in [0.15, 0.2) is 48.7 Å². The van der Waals surface area contributed by atoms with E-state index in [1.54, 1.807) is 48.7 Å². The van der Waals surface area contributed by atoms with Crippen molar-refractivity contribution in [2.75, 3.05) is 18.4 Å². The van der Waals surface area contributed by atoms with Gasteiger partial charge in [0.1, 0.15) is 5.69 Å². The number of benzene rings is 2. The van der Waals surface area contributed by atoms with Crippen molar-refractivity contribution in [3.8, 4) is 5.69 Å². The van der Waals surface area contributed by atoms with Gasteiger partial charge in [-0.1, -0.05) is 43.1 Å². The number of nitrogens with zero attached hydrogens (tertiary/aromatic N) is 3. The lowest BCUT2D eigenvalue weighted by molar-refractivity contribution is 0.0236. The van der Waals surface area contributed by atoms with Crippen LogP contribution in [0.25, 0.3) is 5.69 Å². The van der Waals surface area contributed by atoms with E-state index in [1.165, 1.54) is 4.68 Å². The molecular weight excluding hydrogens is 437 g/mol. The number of aromatic nitrogens is 2. The fourth-order valence-corrected chi connectivity index (χ4v) is 4.21. The molecule has 2 heterocycles. The first-order chi connectivity index (χ1) is 14.6. The van der Waals surface area contributed by atoms with Gasteiger partial charge in [-0.15, -0.1) is 0 Å². The summed E-state index contributed by atoms with van der Waals surface area (Å²) < 4.78 is 1.41. The first kappa shape index (κ1) is 21.2. The highest BCUT2D eigenvalue weighted by Gasteiger charge is 2.37. The predicted molar refractivity (Wildman–Crippen MR) is 122 cm³/mol. The minimum Gasteiger partial charge on any atom is -0.364 e. The van der Waals surface area contributed by atoms with Crippen LogP contribution in [0.1, 0.15) is 34.7 Å². The van der Waals surface area contributed by atoms with Crippen molar-refractivity contribution in [1.82, 2.24) is 14.7 Å². The van der Waals surface area contributed by atoms with Gasteiger partial charge in [0.15, 0.2) is 5.69 Å². The van der Waals surface area contributed by atoms with Gasteiger partial charge in [-0.25, -0.2) is 4.68 Å². The van der Waals surface area contributed by atoms with Gasteiger partial charge in [0.05, 0.1) is 21.9 Å². The number of hydrogen-bond acceptors (Lipinski definition) is 4. The lowest BCUT2D eigenvalue weighted by Gasteiger charge is -2.45. The Morgan fingerprint density at radius 3 is 2.23 bits per heavy atom. The molecule has 3 aromatic rings. The lowest BCUT2D eigenvalue weighted by Crippen LogP contribution is -2.55. The van der Waals surface area contributed by atoms with Crippen LogP contribution < -0.4 is 11.1 Å². The molecule has 4 rings (SSSR count). The van der Waals surface area contributed by atoms with E-state index in [4.69, 9.17) is 28.9 Å². The second-order valence-electron chi connectivity index (χ2n) is 8.30. The monoisotopic (exact) mass is 457 g/mol. The number of hydrogen-bond donors (Lipinski definition) is 2. The first-order valence-corrected chi connectivity index (χ1v) is 10.4. The predicted octanol–water partition coefficient (Wildman–Crippen LogP) is 4.50. The maximum atomic E-state index is 12.6. The third-order valence-electron chi connectivity index (χ3n) is 5.05. The largest absolute Gasteiger partial charge is 0.364 e. The standard InChI is InChI=1S/C22H21Cl2N5O2/c1-22(2)11-28(12-22)21(31)13-6-8-14(9-7-13)26-17-10-29(27-18(17)20(25)30)19-15(23)4-3-5-16(19)24/h3-10,26H,11-12H2,1-2H3,(H2,25,30). The van der Waals surface area contributed by atoms with Crippen LogP contribution in [-0.4, -0.2) is 39.6 Å². The SMILES string of the molecule is CC1(C)CN(C(=O)c2ccc(Nc3cn(-c4c(Cl)cccc4Cl)nc3C(N)=O)cc2)C1. The summed E-state index contributed by atoms with van der Waals surface area (Å²) in [6.45, 7) is 5.77. The number of amides is 2. The molecule has 1 aliphatic heterocycles. The molecule has 0 spiro atoms. The Morgan fingerprint density at radius 2 is 1.68 bits per heavy atom. The van der Waals surface area contributed by atoms with E-state index in [0.29, 0.717) is 32.7 Å². The molecule has 0 saturated carbocycles. The third kappa shape index (κ3) is 4.24. The Labute approximate surface area is 189 Å². The van der Waals surface area contributed by atoms with Crippen LogP contribution in [0.5, 0.6) is 0 Å². The van der Waals surface area contributed by atoms with Gasteiger partial charge in [-0.3, -0.25) is 9.59 Å². The average Bonchev–Trinajstić information content (AvgIpc) is 3.09. The summed E-state index contributed by atoms with van der Waals surface area (Å²) in [5, 5.41) is 8.14. The normalized spacial score (nSPS) is 14.8. The van der Waals surface area contributed by atoms with Crippen molar-refractivity contribution in [3.05, 3.63) is 70.0 Å². The summed E-state index contributed by atoms with van der Waals surface area (Å²) in [7, 11) is 0. The molecule has 1 aliphatic rings. The molecule has 3 N–H and O–H groups in total. The van der Waals surface area contributed by atoms with Gasteiger partial charge >= 0.3 is 0 Å². The Kier molecular flexibility index (Phi) is 5.41. The zero-order valence-corrected chi connectivity index (χ0v) is 18.5. The summed E-state index contributed by atoms with van der Waals surface area (Å²) in [5.74, 6) is -0.693. The minimum absolute atomic E-state index is 0.00452. The van der Waals surface area contributed by atoms with Crippen LogP contribution in [0, 0.1) is 5.41 Å². The number of anilines is 2. The van der Waals surface area contributed by atoms with Gasteiger partial charge in [0.25, 0.3) is 11.8 Å². The molecule has 0 aliphatic carbocycles. The van der Waals surface area contributed by atoms with E-state index in [0.717, 1.165) is 13.1 Å². The summed E-state index contributed by atoms with van der Waals surface area (Å²) in [6, 6.07) is 12.1. The molecule has 0 radical (unpaired) electrons. The summed E-state index contributed by atoms with van der Waals surface area (Å²) in [6.07, 6.45) is 1.59. The number of primary amides is 1. The van der Waals surface area contributed by atoms with Crippen molar-refractivity contribution in [3.63, 3.8) is 0 Å². The molecule has 9 heteroatoms. The first-order valence-electron chi connectivity index (χ1n) is 9.65. The van der Waals surface area contributed by atoms with E-state index in [-0.39, 0.29) is 17.0 Å². The molecule has 0 unspecified atom stereocenters. The molecule has 2 aromatic carbocycles. The second-order valence-corrected chi connectivity index (χ2v) is 9.11. The van der Waals surface area contributed by atoms with Crippen molar-refractivity contribution < 1.29 is 9.59 Å². The molecule has 1 fully saturated rings. The van der Waals surface area contributed by atoms with Crippen molar-refractivity contribution in [2.45, 2.75) is 13.8 Å². The van der Waals surface area contributed by atoms with E-state index < -0.39 is 5.91 Å². The van der Waals surface area contributed by atoms with Gasteiger partial charge in [-0.2, -0.15) is 5.10 Å². The van der Waals surface area contributed by atoms with Crippen molar-refractivity contribution >= 4 is 46.4 Å². The highest BCUT2D eigenvalue weighted by atomic mass is 35.5. The number of carbonyl (C=O) groups is 2. The number of carbonyl (C=O) groups excluding carboxylic acids is 2. The van der Waals surface area contributed by atoms with Crippen LogP contribution >= 0.6 is 23.2 Å². The highest BCUT2D eigenvalue weighted by Crippen LogP contribution is 2.32. The molecule has 1 aromatic heterocycles. The highest BCUT2D eigenvalue weighted by molar-refractivity contribution is 6.37. The molecule has 31 heavy (non-hydrogen) atoms. The number of nitrogens with one attached hydrogen (secondary N) is 1. The Hall–Kier alpha value is -3.03. The molecule has 0 bridgehead atoms. The molecule has 160 valence electrons. The number of nitrogens with two attached hydrogens (primary N) is 1. The van der Waals surface area contributed by atoms with E-state index >= 15 is 0 Å². The number of likely N-dealkylation sites (tertiary alicyclic amines) is 1. The Balaban J connectivity index is 1.57. The van der Waals surface area contributed by atoms with E-state index in [2.05, 4.69) is 24.3 Å². The lowest BCUT2D eigenvalue weighted by atomic mass is 9.84. The van der Waals surface area contributed by atoms with E-state index in [1.807, 2.05) is 4.90 Å². The van der Waals surface area contributed by atoms with Gasteiger partial charge in [-0.05, 0) is 41.8 Å². The zero-order valence-electron chi connectivity index (χ0n) is 17.0. The fraction of sp³-hybridized carbons (Fsp3) is 0.227. The second kappa shape index (κ2) is 7.90. The van der Waals surface area contributed by atoms with Crippen molar-refractivity contribution in [2.24, 2.45) is 11.1 Å². The summed E-state index contributed by atoms with van der Waals surface area (Å²) >= 11 is 12.5. The topological polar surface area (TPSA) is 93.2 Å². The maximum Gasteiger partial charge on any atom is 0.271 e. The summed E-state index contributed by atoms with van der Waals surface area (Å²) in [4.78, 5) is 26.3. The average molecular weight is 458 g/mol. The molecule has 1 saturated heterocycles.